The van der Waals surface area contributed by atoms with Crippen molar-refractivity contribution in [2.45, 2.75) is 31.3 Å². The fourth-order valence-corrected chi connectivity index (χ4v) is 5.51. The lowest BCUT2D eigenvalue weighted by atomic mass is 9.98. The summed E-state index contributed by atoms with van der Waals surface area (Å²) in [4.78, 5) is 37.3. The minimum absolute atomic E-state index is 0.100. The van der Waals surface area contributed by atoms with Crippen LogP contribution in [0.2, 0.25) is 0 Å². The number of likely N-dealkylation sites (N-methyl/N-ethyl adjacent to an activating group) is 2. The number of nitrogens with one attached hydrogen (secondary N) is 2. The van der Waals surface area contributed by atoms with Crippen molar-refractivity contribution in [3.8, 4) is 5.75 Å². The van der Waals surface area contributed by atoms with E-state index >= 15 is 0 Å². The third-order valence-corrected chi connectivity index (χ3v) is 7.82. The van der Waals surface area contributed by atoms with Gasteiger partial charge in [0.2, 0.25) is 0 Å². The highest BCUT2D eigenvalue weighted by molar-refractivity contribution is 5.97. The molecule has 3 aliphatic heterocycles. The lowest BCUT2D eigenvalue weighted by molar-refractivity contribution is -0.123. The number of halogens is 1. The molecule has 2 fully saturated rings. The van der Waals surface area contributed by atoms with Crippen LogP contribution in [0, 0.1) is 5.82 Å². The largest absolute Gasteiger partial charge is 0.483 e. The molecule has 2 N–H and O–H groups in total. The fourth-order valence-electron chi connectivity index (χ4n) is 5.51. The predicted octanol–water partition coefficient (Wildman–Crippen LogP) is 1.59. The third-order valence-electron chi connectivity index (χ3n) is 7.82. The monoisotopic (exact) mass is 536 g/mol. The third kappa shape index (κ3) is 4.84. The number of aromatic nitrogens is 3. The molecule has 12 heteroatoms. The van der Waals surface area contributed by atoms with Crippen LogP contribution in [0.1, 0.15) is 41.4 Å². The summed E-state index contributed by atoms with van der Waals surface area (Å²) >= 11 is 0. The number of anilines is 2. The SMILES string of the molecule is CNC1CN(c2cc3n4nc(cc4n2)[C@@H]2CCCCN2C(=O)c2cc(F)ccc2OCC(=O)NCCN3C)C1. The van der Waals surface area contributed by atoms with Gasteiger partial charge in [0, 0.05) is 57.9 Å². The maximum absolute atomic E-state index is 14.3. The molecule has 1 atom stereocenters. The molecule has 2 bridgehead atoms. The molecule has 0 spiro atoms. The van der Waals surface area contributed by atoms with Gasteiger partial charge >= 0.3 is 0 Å². The molecule has 11 nitrogen and oxygen atoms in total. The second-order valence-electron chi connectivity index (χ2n) is 10.4. The number of benzene rings is 1. The van der Waals surface area contributed by atoms with Crippen LogP contribution in [0.3, 0.4) is 0 Å². The van der Waals surface area contributed by atoms with Crippen LogP contribution in [0.15, 0.2) is 30.3 Å². The van der Waals surface area contributed by atoms with E-state index < -0.39 is 5.82 Å². The lowest BCUT2D eigenvalue weighted by Gasteiger charge is -2.40. The van der Waals surface area contributed by atoms with Crippen LogP contribution >= 0.6 is 0 Å². The molecule has 0 unspecified atom stereocenters. The molecular weight excluding hydrogens is 503 g/mol. The van der Waals surface area contributed by atoms with E-state index in [0.29, 0.717) is 31.3 Å². The number of hydrogen-bond donors (Lipinski definition) is 2. The van der Waals surface area contributed by atoms with Gasteiger partial charge in [0.05, 0.1) is 17.3 Å². The normalized spacial score (nSPS) is 20.9. The van der Waals surface area contributed by atoms with Gasteiger partial charge in [0.1, 0.15) is 23.2 Å². The summed E-state index contributed by atoms with van der Waals surface area (Å²) in [6, 6.07) is 7.92. The Morgan fingerprint density at radius 1 is 1.13 bits per heavy atom. The average molecular weight is 537 g/mol. The zero-order chi connectivity index (χ0) is 27.1. The molecule has 39 heavy (non-hydrogen) atoms. The van der Waals surface area contributed by atoms with Crippen LogP contribution < -0.4 is 25.2 Å². The maximum atomic E-state index is 14.3. The fraction of sp³-hybridized carbons (Fsp3) is 0.481. The molecule has 0 radical (unpaired) electrons. The summed E-state index contributed by atoms with van der Waals surface area (Å²) in [6.45, 7) is 2.88. The zero-order valence-electron chi connectivity index (χ0n) is 22.2. The van der Waals surface area contributed by atoms with Gasteiger partial charge in [-0.15, -0.1) is 0 Å². The van der Waals surface area contributed by atoms with Crippen LogP contribution in [0.5, 0.6) is 5.75 Å². The molecule has 5 heterocycles. The van der Waals surface area contributed by atoms with Crippen LogP contribution in [-0.2, 0) is 4.79 Å². The Morgan fingerprint density at radius 2 is 1.97 bits per heavy atom. The van der Waals surface area contributed by atoms with Gasteiger partial charge in [-0.1, -0.05) is 0 Å². The van der Waals surface area contributed by atoms with Crippen molar-refractivity contribution < 1.29 is 18.7 Å². The van der Waals surface area contributed by atoms with Crippen LogP contribution in [-0.4, -0.2) is 90.8 Å². The van der Waals surface area contributed by atoms with Crippen molar-refractivity contribution in [3.05, 3.63) is 47.4 Å². The van der Waals surface area contributed by atoms with Gasteiger partial charge in [-0.05, 0) is 44.5 Å². The Hall–Kier alpha value is -3.93. The molecule has 6 rings (SSSR count). The van der Waals surface area contributed by atoms with Gasteiger partial charge in [0.25, 0.3) is 11.8 Å². The molecule has 0 aliphatic carbocycles. The van der Waals surface area contributed by atoms with Crippen LogP contribution in [0.4, 0.5) is 16.0 Å². The Labute approximate surface area is 225 Å². The topological polar surface area (TPSA) is 107 Å². The van der Waals surface area contributed by atoms with Gasteiger partial charge in [-0.3, -0.25) is 9.59 Å². The summed E-state index contributed by atoms with van der Waals surface area (Å²) in [5.41, 5.74) is 1.54. The standard InChI is InChI=1S/C27H33FN8O3/c1-29-18-14-34(15-18)23-13-26-33(2)10-8-30-25(37)16-39-22-7-6-17(28)11-19(22)27(38)35-9-4-3-5-21(35)20-12-24(31-23)36(26)32-20/h6-7,11-13,18,21,29H,3-5,8-10,14-16H2,1-2H3,(H,30,37)/t21-/m0/s1. The van der Waals surface area contributed by atoms with Gasteiger partial charge in [-0.2, -0.15) is 9.61 Å². The molecule has 2 amide bonds. The Bertz CT molecular complexity index is 1410. The smallest absolute Gasteiger partial charge is 0.258 e. The number of carbonyl (C=O) groups is 2. The van der Waals surface area contributed by atoms with Gasteiger partial charge in [-0.25, -0.2) is 9.37 Å². The molecule has 206 valence electrons. The molecule has 3 aliphatic rings. The van der Waals surface area contributed by atoms with E-state index in [1.807, 2.05) is 35.6 Å². The van der Waals surface area contributed by atoms with Crippen molar-refractivity contribution >= 4 is 29.1 Å². The van der Waals surface area contributed by atoms with E-state index in [0.717, 1.165) is 49.7 Å². The Morgan fingerprint density at radius 3 is 2.79 bits per heavy atom. The average Bonchev–Trinajstić information content (AvgIpc) is 3.34. The minimum atomic E-state index is -0.540. The maximum Gasteiger partial charge on any atom is 0.258 e. The number of fused-ring (bicyclic) bond motifs is 4. The summed E-state index contributed by atoms with van der Waals surface area (Å²) in [6.07, 6.45) is 2.51. The van der Waals surface area contributed by atoms with Crippen molar-refractivity contribution in [1.82, 2.24) is 30.1 Å². The highest BCUT2D eigenvalue weighted by atomic mass is 19.1. The van der Waals surface area contributed by atoms with Gasteiger partial charge in [0.15, 0.2) is 12.3 Å². The number of ether oxygens (including phenoxy) is 1. The number of carbonyl (C=O) groups excluding carboxylic acids is 2. The van der Waals surface area contributed by atoms with E-state index in [1.165, 1.54) is 18.2 Å². The first-order chi connectivity index (χ1) is 18.9. The van der Waals surface area contributed by atoms with E-state index in [2.05, 4.69) is 15.5 Å². The zero-order valence-corrected chi connectivity index (χ0v) is 22.2. The quantitative estimate of drug-likeness (QED) is 0.509. The molecular formula is C27H33FN8O3. The van der Waals surface area contributed by atoms with E-state index in [1.54, 1.807) is 4.90 Å². The number of piperidine rings is 1. The number of rotatable bonds is 2. The summed E-state index contributed by atoms with van der Waals surface area (Å²) in [5, 5.41) is 11.1. The molecule has 1 aromatic carbocycles. The van der Waals surface area contributed by atoms with Gasteiger partial charge < -0.3 is 30.1 Å². The summed E-state index contributed by atoms with van der Waals surface area (Å²) < 4.78 is 21.8. The predicted molar refractivity (Wildman–Crippen MR) is 144 cm³/mol. The number of amides is 2. The first kappa shape index (κ1) is 25.4. The van der Waals surface area contributed by atoms with Crippen molar-refractivity contribution in [3.63, 3.8) is 0 Å². The lowest BCUT2D eigenvalue weighted by Crippen LogP contribution is -2.57. The number of nitrogens with zero attached hydrogens (tertiary/aromatic N) is 6. The first-order valence-electron chi connectivity index (χ1n) is 13.5. The molecule has 2 saturated heterocycles. The van der Waals surface area contributed by atoms with Crippen molar-refractivity contribution in [2.75, 3.05) is 63.2 Å². The summed E-state index contributed by atoms with van der Waals surface area (Å²) in [7, 11) is 3.92. The van der Waals surface area contributed by atoms with E-state index in [9.17, 15) is 14.0 Å². The summed E-state index contributed by atoms with van der Waals surface area (Å²) in [5.74, 6) is 0.675. The second kappa shape index (κ2) is 10.3. The second-order valence-corrected chi connectivity index (χ2v) is 10.4. The highest BCUT2D eigenvalue weighted by Crippen LogP contribution is 2.35. The Balaban J connectivity index is 1.44. The molecule has 0 saturated carbocycles. The highest BCUT2D eigenvalue weighted by Gasteiger charge is 2.33. The molecule has 3 aromatic rings. The molecule has 2 aromatic heterocycles. The Kier molecular flexibility index (Phi) is 6.71. The minimum Gasteiger partial charge on any atom is -0.483 e. The van der Waals surface area contributed by atoms with E-state index in [-0.39, 0.29) is 35.8 Å². The van der Waals surface area contributed by atoms with E-state index in [4.69, 9.17) is 14.8 Å². The van der Waals surface area contributed by atoms with Crippen molar-refractivity contribution in [1.29, 1.82) is 0 Å². The van der Waals surface area contributed by atoms with Crippen molar-refractivity contribution in [2.24, 2.45) is 0 Å². The van der Waals surface area contributed by atoms with Crippen LogP contribution in [0.25, 0.3) is 5.65 Å². The first-order valence-corrected chi connectivity index (χ1v) is 13.5. The number of hydrogen-bond acceptors (Lipinski definition) is 8.